The maximum Gasteiger partial charge on any atom is 0.225 e. The summed E-state index contributed by atoms with van der Waals surface area (Å²) in [7, 11) is 0. The summed E-state index contributed by atoms with van der Waals surface area (Å²) in [5.41, 5.74) is 6.38. The van der Waals surface area contributed by atoms with Crippen LogP contribution in [0, 0.1) is 23.7 Å². The summed E-state index contributed by atoms with van der Waals surface area (Å²) in [6.45, 7) is 3.58. The summed E-state index contributed by atoms with van der Waals surface area (Å²) in [4.78, 5) is 29.5. The predicted octanol–water partition coefficient (Wildman–Crippen LogP) is 2.39. The number of rotatable bonds is 3. The van der Waals surface area contributed by atoms with Crippen molar-refractivity contribution in [3.05, 3.63) is 0 Å². The lowest BCUT2D eigenvalue weighted by Gasteiger charge is -2.45. The fraction of sp³-hybridized carbons (Fsp3) is 0.905. The average molecular weight is 362 g/mol. The standard InChI is InChI=1S/C21H35N3O2/c22-20-16-4-3-5-17(20)14-18(13-16)21(26)24-10-6-15(7-11-24)12-19(25)23-8-1-2-9-23/h15-18,20H,1-14,22H2. The molecule has 2 heterocycles. The molecule has 2 aliphatic heterocycles. The molecule has 2 saturated heterocycles. The Morgan fingerprint density at radius 3 is 2.04 bits per heavy atom. The minimum absolute atomic E-state index is 0.202. The van der Waals surface area contributed by atoms with Crippen LogP contribution in [0.15, 0.2) is 0 Å². The molecule has 5 nitrogen and oxygen atoms in total. The first-order chi connectivity index (χ1) is 12.6. The number of nitrogens with zero attached hydrogens (tertiary/aromatic N) is 2. The zero-order valence-electron chi connectivity index (χ0n) is 16.1. The van der Waals surface area contributed by atoms with Crippen molar-refractivity contribution in [1.82, 2.24) is 9.80 Å². The van der Waals surface area contributed by atoms with Gasteiger partial charge in [0, 0.05) is 44.6 Å². The summed E-state index contributed by atoms with van der Waals surface area (Å²) in [5, 5.41) is 0. The molecule has 4 fully saturated rings. The monoisotopic (exact) mass is 361 g/mol. The number of nitrogens with two attached hydrogens (primary N) is 1. The Bertz CT molecular complexity index is 509. The van der Waals surface area contributed by atoms with Gasteiger partial charge in [0.25, 0.3) is 0 Å². The number of carbonyl (C=O) groups excluding carboxylic acids is 2. The van der Waals surface area contributed by atoms with E-state index in [1.54, 1.807) is 0 Å². The predicted molar refractivity (Wildman–Crippen MR) is 101 cm³/mol. The molecule has 0 aromatic carbocycles. The van der Waals surface area contributed by atoms with E-state index in [0.717, 1.165) is 64.7 Å². The molecule has 0 aromatic heterocycles. The van der Waals surface area contributed by atoms with Crippen LogP contribution in [-0.2, 0) is 9.59 Å². The molecule has 2 unspecified atom stereocenters. The van der Waals surface area contributed by atoms with E-state index in [2.05, 4.69) is 4.90 Å². The Labute approximate surface area is 157 Å². The minimum atomic E-state index is 0.202. The highest BCUT2D eigenvalue weighted by molar-refractivity contribution is 5.79. The number of hydrogen-bond donors (Lipinski definition) is 1. The first kappa shape index (κ1) is 18.3. The van der Waals surface area contributed by atoms with E-state index in [1.807, 2.05) is 4.90 Å². The van der Waals surface area contributed by atoms with Crippen molar-refractivity contribution >= 4 is 11.8 Å². The molecule has 2 aliphatic carbocycles. The number of fused-ring (bicyclic) bond motifs is 2. The van der Waals surface area contributed by atoms with Gasteiger partial charge in [-0.3, -0.25) is 9.59 Å². The minimum Gasteiger partial charge on any atom is -0.343 e. The molecule has 2 bridgehead atoms. The van der Waals surface area contributed by atoms with Crippen molar-refractivity contribution in [3.8, 4) is 0 Å². The number of carbonyl (C=O) groups is 2. The lowest BCUT2D eigenvalue weighted by atomic mass is 9.65. The second-order valence-corrected chi connectivity index (χ2v) is 9.26. The zero-order chi connectivity index (χ0) is 18.1. The maximum absolute atomic E-state index is 13.0. The number of hydrogen-bond acceptors (Lipinski definition) is 3. The molecular formula is C21H35N3O2. The third kappa shape index (κ3) is 3.78. The van der Waals surface area contributed by atoms with Gasteiger partial charge in [-0.05, 0) is 69.1 Å². The first-order valence-electron chi connectivity index (χ1n) is 10.9. The van der Waals surface area contributed by atoms with Crippen molar-refractivity contribution in [2.75, 3.05) is 26.2 Å². The van der Waals surface area contributed by atoms with E-state index in [0.29, 0.717) is 42.0 Å². The van der Waals surface area contributed by atoms with Gasteiger partial charge in [0.15, 0.2) is 0 Å². The Morgan fingerprint density at radius 2 is 1.42 bits per heavy atom. The Balaban J connectivity index is 1.25. The largest absolute Gasteiger partial charge is 0.343 e. The Hall–Kier alpha value is -1.10. The van der Waals surface area contributed by atoms with Crippen molar-refractivity contribution < 1.29 is 9.59 Å². The zero-order valence-corrected chi connectivity index (χ0v) is 16.1. The summed E-state index contributed by atoms with van der Waals surface area (Å²) >= 11 is 0. The van der Waals surface area contributed by atoms with Gasteiger partial charge >= 0.3 is 0 Å². The van der Waals surface area contributed by atoms with Gasteiger partial charge in [0.1, 0.15) is 0 Å². The van der Waals surface area contributed by atoms with E-state index >= 15 is 0 Å². The molecule has 2 saturated carbocycles. The van der Waals surface area contributed by atoms with E-state index < -0.39 is 0 Å². The Kier molecular flexibility index (Phi) is 5.53. The molecule has 4 aliphatic rings. The van der Waals surface area contributed by atoms with Crippen LogP contribution >= 0.6 is 0 Å². The normalized spacial score (nSPS) is 35.6. The van der Waals surface area contributed by atoms with Crippen molar-refractivity contribution in [2.24, 2.45) is 29.4 Å². The molecule has 2 amide bonds. The molecule has 0 radical (unpaired) electrons. The van der Waals surface area contributed by atoms with Gasteiger partial charge in [0.2, 0.25) is 11.8 Å². The van der Waals surface area contributed by atoms with Crippen molar-refractivity contribution in [2.45, 2.75) is 70.3 Å². The van der Waals surface area contributed by atoms with Crippen molar-refractivity contribution in [3.63, 3.8) is 0 Å². The van der Waals surface area contributed by atoms with Crippen LogP contribution in [0.2, 0.25) is 0 Å². The van der Waals surface area contributed by atoms with Crippen LogP contribution < -0.4 is 5.73 Å². The second-order valence-electron chi connectivity index (χ2n) is 9.26. The van der Waals surface area contributed by atoms with Crippen LogP contribution in [0.1, 0.15) is 64.2 Å². The van der Waals surface area contributed by atoms with Gasteiger partial charge < -0.3 is 15.5 Å². The van der Waals surface area contributed by atoms with Crippen molar-refractivity contribution in [1.29, 1.82) is 0 Å². The van der Waals surface area contributed by atoms with Gasteiger partial charge in [-0.2, -0.15) is 0 Å². The van der Waals surface area contributed by atoms with Gasteiger partial charge in [-0.25, -0.2) is 0 Å². The highest BCUT2D eigenvalue weighted by atomic mass is 16.2. The average Bonchev–Trinajstić information content (AvgIpc) is 3.16. The fourth-order valence-electron chi connectivity index (χ4n) is 5.95. The van der Waals surface area contributed by atoms with Gasteiger partial charge in [0.05, 0.1) is 0 Å². The van der Waals surface area contributed by atoms with Crippen LogP contribution in [0.4, 0.5) is 0 Å². The molecule has 2 N–H and O–H groups in total. The summed E-state index contributed by atoms with van der Waals surface area (Å²) in [6.07, 6.45) is 10.7. The second kappa shape index (κ2) is 7.87. The van der Waals surface area contributed by atoms with E-state index in [4.69, 9.17) is 5.73 Å². The van der Waals surface area contributed by atoms with Crippen LogP contribution in [0.3, 0.4) is 0 Å². The van der Waals surface area contributed by atoms with E-state index in [-0.39, 0.29) is 5.92 Å². The van der Waals surface area contributed by atoms with Crippen LogP contribution in [0.25, 0.3) is 0 Å². The number of piperidine rings is 1. The molecule has 4 rings (SSSR count). The van der Waals surface area contributed by atoms with Gasteiger partial charge in [-0.1, -0.05) is 6.42 Å². The van der Waals surface area contributed by atoms with E-state index in [9.17, 15) is 9.59 Å². The molecule has 0 spiro atoms. The highest BCUT2D eigenvalue weighted by Crippen LogP contribution is 2.42. The molecule has 2 atom stereocenters. The topological polar surface area (TPSA) is 66.6 Å². The third-order valence-electron chi connectivity index (χ3n) is 7.61. The van der Waals surface area contributed by atoms with E-state index in [1.165, 1.54) is 19.3 Å². The quantitative estimate of drug-likeness (QED) is 0.839. The lowest BCUT2D eigenvalue weighted by Crippen LogP contribution is -2.50. The third-order valence-corrected chi connectivity index (χ3v) is 7.61. The molecule has 0 aromatic rings. The van der Waals surface area contributed by atoms with Crippen LogP contribution in [0.5, 0.6) is 0 Å². The first-order valence-corrected chi connectivity index (χ1v) is 10.9. The number of amides is 2. The fourth-order valence-corrected chi connectivity index (χ4v) is 5.95. The van der Waals surface area contributed by atoms with Gasteiger partial charge in [-0.15, -0.1) is 0 Å². The molecule has 146 valence electrons. The van der Waals surface area contributed by atoms with Crippen LogP contribution in [-0.4, -0.2) is 53.8 Å². The summed E-state index contributed by atoms with van der Waals surface area (Å²) in [5.74, 6) is 2.50. The Morgan fingerprint density at radius 1 is 0.808 bits per heavy atom. The molecular weight excluding hydrogens is 326 g/mol. The lowest BCUT2D eigenvalue weighted by molar-refractivity contribution is -0.140. The smallest absolute Gasteiger partial charge is 0.225 e. The summed E-state index contributed by atoms with van der Waals surface area (Å²) in [6, 6.07) is 0.329. The SMILES string of the molecule is NC1C2CCCC1CC(C(=O)N1CCC(CC(=O)N3CCCC3)CC1)C2. The summed E-state index contributed by atoms with van der Waals surface area (Å²) < 4.78 is 0. The number of likely N-dealkylation sites (tertiary alicyclic amines) is 2. The highest BCUT2D eigenvalue weighted by Gasteiger charge is 2.42. The molecule has 5 heteroatoms. The maximum atomic E-state index is 13.0. The molecule has 26 heavy (non-hydrogen) atoms.